The highest BCUT2D eigenvalue weighted by molar-refractivity contribution is 7.22. The van der Waals surface area contributed by atoms with Crippen LogP contribution >= 0.6 is 11.3 Å². The summed E-state index contributed by atoms with van der Waals surface area (Å²) in [4.78, 5) is 4.59. The van der Waals surface area contributed by atoms with Crippen LogP contribution in [0.1, 0.15) is 18.1 Å². The molecule has 0 spiro atoms. The van der Waals surface area contributed by atoms with Crippen LogP contribution in [0, 0.1) is 6.92 Å². The monoisotopic (exact) mass is 311 g/mol. The molecule has 22 heavy (non-hydrogen) atoms. The first-order valence-corrected chi connectivity index (χ1v) is 7.80. The van der Waals surface area contributed by atoms with E-state index in [1.165, 1.54) is 5.56 Å². The number of nitrogens with one attached hydrogen (secondary N) is 1. The molecule has 1 aromatic heterocycles. The van der Waals surface area contributed by atoms with Gasteiger partial charge in [-0.15, -0.1) is 0 Å². The van der Waals surface area contributed by atoms with Crippen molar-refractivity contribution in [3.05, 3.63) is 53.6 Å². The number of hydrogen-bond donors (Lipinski definition) is 1. The molecule has 0 fully saturated rings. The summed E-state index contributed by atoms with van der Waals surface area (Å²) < 4.78 is 6.52. The zero-order chi connectivity index (χ0) is 15.5. The Labute approximate surface area is 133 Å². The SMILES string of the molecule is COc1ccccc1/C(C)=N/Nc1nc2c(C)cccc2s1. The predicted octanol–water partition coefficient (Wildman–Crippen LogP) is 4.45. The van der Waals surface area contributed by atoms with E-state index >= 15 is 0 Å². The van der Waals surface area contributed by atoms with E-state index in [0.717, 1.165) is 32.4 Å². The molecule has 4 nitrogen and oxygen atoms in total. The lowest BCUT2D eigenvalue weighted by atomic mass is 10.1. The lowest BCUT2D eigenvalue weighted by Crippen LogP contribution is -2.02. The van der Waals surface area contributed by atoms with Crippen molar-refractivity contribution in [2.75, 3.05) is 12.5 Å². The van der Waals surface area contributed by atoms with Gasteiger partial charge in [-0.25, -0.2) is 4.98 Å². The van der Waals surface area contributed by atoms with Gasteiger partial charge in [0, 0.05) is 5.56 Å². The van der Waals surface area contributed by atoms with Crippen LogP contribution in [-0.2, 0) is 0 Å². The summed E-state index contributed by atoms with van der Waals surface area (Å²) in [7, 11) is 1.66. The van der Waals surface area contributed by atoms with E-state index in [2.05, 4.69) is 34.6 Å². The van der Waals surface area contributed by atoms with Gasteiger partial charge in [-0.2, -0.15) is 5.10 Å². The third kappa shape index (κ3) is 2.80. The van der Waals surface area contributed by atoms with Gasteiger partial charge in [0.05, 0.1) is 23.0 Å². The van der Waals surface area contributed by atoms with E-state index < -0.39 is 0 Å². The van der Waals surface area contributed by atoms with Gasteiger partial charge in [-0.05, 0) is 37.6 Å². The maximum absolute atomic E-state index is 5.36. The number of aryl methyl sites for hydroxylation is 1. The molecule has 0 bridgehead atoms. The van der Waals surface area contributed by atoms with E-state index in [4.69, 9.17) is 4.74 Å². The molecule has 2 aromatic carbocycles. The summed E-state index contributed by atoms with van der Waals surface area (Å²) in [5.41, 5.74) is 7.07. The fraction of sp³-hybridized carbons (Fsp3) is 0.176. The number of thiazole rings is 1. The number of anilines is 1. The summed E-state index contributed by atoms with van der Waals surface area (Å²) in [6, 6.07) is 14.0. The van der Waals surface area contributed by atoms with Crippen molar-refractivity contribution in [1.29, 1.82) is 0 Å². The maximum atomic E-state index is 5.36. The number of hydrazone groups is 1. The number of para-hydroxylation sites is 2. The van der Waals surface area contributed by atoms with Crippen molar-refractivity contribution in [3.63, 3.8) is 0 Å². The van der Waals surface area contributed by atoms with Gasteiger partial charge >= 0.3 is 0 Å². The van der Waals surface area contributed by atoms with Crippen LogP contribution in [0.5, 0.6) is 5.75 Å². The molecule has 0 atom stereocenters. The van der Waals surface area contributed by atoms with E-state index in [0.29, 0.717) is 0 Å². The normalized spacial score (nSPS) is 11.7. The Bertz CT molecular complexity index is 839. The minimum absolute atomic E-state index is 0.790. The van der Waals surface area contributed by atoms with Gasteiger partial charge in [0.15, 0.2) is 0 Å². The number of benzene rings is 2. The number of aromatic nitrogens is 1. The number of fused-ring (bicyclic) bond motifs is 1. The first-order valence-electron chi connectivity index (χ1n) is 6.99. The number of methoxy groups -OCH3 is 1. The maximum Gasteiger partial charge on any atom is 0.204 e. The van der Waals surface area contributed by atoms with Crippen LogP contribution < -0.4 is 10.2 Å². The van der Waals surface area contributed by atoms with Crippen LogP contribution in [-0.4, -0.2) is 17.8 Å². The Morgan fingerprint density at radius 3 is 2.77 bits per heavy atom. The van der Waals surface area contributed by atoms with Crippen molar-refractivity contribution in [2.24, 2.45) is 5.10 Å². The Kier molecular flexibility index (Phi) is 4.06. The van der Waals surface area contributed by atoms with Crippen molar-refractivity contribution in [2.45, 2.75) is 13.8 Å². The molecule has 3 rings (SSSR count). The molecule has 0 aliphatic rings. The molecule has 112 valence electrons. The lowest BCUT2D eigenvalue weighted by Gasteiger charge is -2.07. The van der Waals surface area contributed by atoms with Crippen molar-refractivity contribution in [3.8, 4) is 5.75 Å². The van der Waals surface area contributed by atoms with Crippen LogP contribution in [0.3, 0.4) is 0 Å². The largest absolute Gasteiger partial charge is 0.496 e. The Morgan fingerprint density at radius 1 is 1.18 bits per heavy atom. The zero-order valence-electron chi connectivity index (χ0n) is 12.8. The molecule has 1 heterocycles. The number of ether oxygens (including phenoxy) is 1. The fourth-order valence-corrected chi connectivity index (χ4v) is 3.16. The summed E-state index contributed by atoms with van der Waals surface area (Å²) in [6.45, 7) is 4.01. The van der Waals surface area contributed by atoms with Gasteiger partial charge in [0.2, 0.25) is 5.13 Å². The third-order valence-corrected chi connectivity index (χ3v) is 4.36. The van der Waals surface area contributed by atoms with Crippen molar-refractivity contribution < 1.29 is 4.74 Å². The third-order valence-electron chi connectivity index (χ3n) is 3.44. The minimum atomic E-state index is 0.790. The topological polar surface area (TPSA) is 46.5 Å². The average molecular weight is 311 g/mol. The highest BCUT2D eigenvalue weighted by atomic mass is 32.1. The van der Waals surface area contributed by atoms with Gasteiger partial charge < -0.3 is 4.74 Å². The second-order valence-corrected chi connectivity index (χ2v) is 5.98. The van der Waals surface area contributed by atoms with Gasteiger partial charge in [-0.3, -0.25) is 5.43 Å². The van der Waals surface area contributed by atoms with Gasteiger partial charge in [-0.1, -0.05) is 35.6 Å². The Morgan fingerprint density at radius 2 is 2.00 bits per heavy atom. The summed E-state index contributed by atoms with van der Waals surface area (Å²) in [5.74, 6) is 0.811. The summed E-state index contributed by atoms with van der Waals surface area (Å²) in [6.07, 6.45) is 0. The number of hydrogen-bond acceptors (Lipinski definition) is 5. The van der Waals surface area contributed by atoms with E-state index in [9.17, 15) is 0 Å². The first kappa shape index (κ1) is 14.5. The lowest BCUT2D eigenvalue weighted by molar-refractivity contribution is 0.414. The molecule has 0 aliphatic carbocycles. The zero-order valence-corrected chi connectivity index (χ0v) is 13.6. The van der Waals surface area contributed by atoms with Gasteiger partial charge in [0.1, 0.15) is 5.75 Å². The number of nitrogens with zero attached hydrogens (tertiary/aromatic N) is 2. The van der Waals surface area contributed by atoms with Gasteiger partial charge in [0.25, 0.3) is 0 Å². The predicted molar refractivity (Wildman–Crippen MR) is 93.2 cm³/mol. The Hall–Kier alpha value is -2.40. The molecule has 1 N–H and O–H groups in total. The van der Waals surface area contributed by atoms with Crippen LogP contribution in [0.2, 0.25) is 0 Å². The van der Waals surface area contributed by atoms with Crippen LogP contribution in [0.25, 0.3) is 10.2 Å². The Balaban J connectivity index is 1.87. The fourth-order valence-electron chi connectivity index (χ4n) is 2.27. The molecule has 0 radical (unpaired) electrons. The second-order valence-electron chi connectivity index (χ2n) is 4.95. The standard InChI is InChI=1S/C17H17N3OS/c1-11-7-6-10-15-16(11)18-17(22-15)20-19-12(2)13-8-4-5-9-14(13)21-3/h4-10H,1-3H3,(H,18,20)/b19-12+. The summed E-state index contributed by atoms with van der Waals surface area (Å²) in [5, 5.41) is 5.22. The first-order chi connectivity index (χ1) is 10.7. The highest BCUT2D eigenvalue weighted by Gasteiger charge is 2.07. The van der Waals surface area contributed by atoms with Crippen molar-refractivity contribution in [1.82, 2.24) is 4.98 Å². The molecule has 0 unspecified atom stereocenters. The molecule has 0 saturated carbocycles. The van der Waals surface area contributed by atoms with E-state index in [1.54, 1.807) is 18.4 Å². The average Bonchev–Trinajstić information content (AvgIpc) is 2.97. The van der Waals surface area contributed by atoms with Crippen LogP contribution in [0.4, 0.5) is 5.13 Å². The van der Waals surface area contributed by atoms with Crippen LogP contribution in [0.15, 0.2) is 47.6 Å². The smallest absolute Gasteiger partial charge is 0.204 e. The molecular formula is C17H17N3OS. The van der Waals surface area contributed by atoms with E-state index in [-0.39, 0.29) is 0 Å². The molecular weight excluding hydrogens is 294 g/mol. The molecule has 0 aliphatic heterocycles. The molecule has 0 amide bonds. The highest BCUT2D eigenvalue weighted by Crippen LogP contribution is 2.28. The van der Waals surface area contributed by atoms with Crippen molar-refractivity contribution >= 4 is 32.4 Å². The molecule has 0 saturated heterocycles. The summed E-state index contributed by atoms with van der Waals surface area (Å²) >= 11 is 1.60. The quantitative estimate of drug-likeness (QED) is 0.572. The second kappa shape index (κ2) is 6.15. The number of rotatable bonds is 4. The van der Waals surface area contributed by atoms with E-state index in [1.807, 2.05) is 37.3 Å². The molecule has 5 heteroatoms. The molecule has 3 aromatic rings. The minimum Gasteiger partial charge on any atom is -0.496 e.